The summed E-state index contributed by atoms with van der Waals surface area (Å²) in [6, 6.07) is 9.00. The quantitative estimate of drug-likeness (QED) is 0.893. The van der Waals surface area contributed by atoms with Crippen molar-refractivity contribution in [2.75, 3.05) is 13.6 Å². The summed E-state index contributed by atoms with van der Waals surface area (Å²) in [6.07, 6.45) is 2.25. The van der Waals surface area contributed by atoms with Crippen LogP contribution in [0.4, 0.5) is 0 Å². The second kappa shape index (κ2) is 5.65. The lowest BCUT2D eigenvalue weighted by Crippen LogP contribution is -2.44. The molecular formula is C13H17BrN2O. The van der Waals surface area contributed by atoms with Crippen LogP contribution in [-0.4, -0.2) is 25.5 Å². The fraction of sp³-hybridized carbons (Fsp3) is 0.462. The van der Waals surface area contributed by atoms with Gasteiger partial charge < -0.3 is 10.6 Å². The highest BCUT2D eigenvalue weighted by molar-refractivity contribution is 9.10. The Balaban J connectivity index is 1.75. The molecule has 4 heteroatoms. The van der Waals surface area contributed by atoms with E-state index in [0.717, 1.165) is 17.3 Å². The fourth-order valence-corrected chi connectivity index (χ4v) is 2.38. The van der Waals surface area contributed by atoms with Crippen molar-refractivity contribution < 1.29 is 4.79 Å². The van der Waals surface area contributed by atoms with Crippen LogP contribution in [0.3, 0.4) is 0 Å². The van der Waals surface area contributed by atoms with Gasteiger partial charge in [0.2, 0.25) is 5.91 Å². The van der Waals surface area contributed by atoms with Crippen LogP contribution >= 0.6 is 15.9 Å². The zero-order valence-electron chi connectivity index (χ0n) is 9.87. The van der Waals surface area contributed by atoms with Gasteiger partial charge in [0.05, 0.1) is 6.54 Å². The number of hydrogen-bond acceptors (Lipinski definition) is 2. The minimum atomic E-state index is 0.0529. The second-order valence-electron chi connectivity index (χ2n) is 4.47. The maximum absolute atomic E-state index is 11.1. The van der Waals surface area contributed by atoms with Gasteiger partial charge in [0.25, 0.3) is 0 Å². The van der Waals surface area contributed by atoms with Gasteiger partial charge in [-0.15, -0.1) is 0 Å². The summed E-state index contributed by atoms with van der Waals surface area (Å²) >= 11 is 3.44. The number of likely N-dealkylation sites (N-methyl/N-ethyl adjacent to an activating group) is 1. The number of hydrogen-bond donors (Lipinski definition) is 2. The van der Waals surface area contributed by atoms with E-state index in [-0.39, 0.29) is 5.91 Å². The molecule has 0 aromatic heterocycles. The molecule has 17 heavy (non-hydrogen) atoms. The number of halogens is 1. The van der Waals surface area contributed by atoms with E-state index in [1.807, 2.05) is 0 Å². The molecule has 0 spiro atoms. The minimum Gasteiger partial charge on any atom is -0.358 e. The van der Waals surface area contributed by atoms with Crippen molar-refractivity contribution in [2.24, 2.45) is 0 Å². The summed E-state index contributed by atoms with van der Waals surface area (Å²) in [5.74, 6) is 0.697. The zero-order valence-corrected chi connectivity index (χ0v) is 11.5. The molecule has 1 aliphatic carbocycles. The number of carbonyl (C=O) groups is 1. The van der Waals surface area contributed by atoms with E-state index in [1.165, 1.54) is 5.56 Å². The highest BCUT2D eigenvalue weighted by atomic mass is 79.9. The number of rotatable bonds is 4. The van der Waals surface area contributed by atoms with Crippen LogP contribution in [0.5, 0.6) is 0 Å². The van der Waals surface area contributed by atoms with Gasteiger partial charge in [-0.3, -0.25) is 4.79 Å². The summed E-state index contributed by atoms with van der Waals surface area (Å²) in [4.78, 5) is 11.1. The standard InChI is InChI=1S/C13H17BrN2O/c1-15-13(17)8-16-12-6-10(7-12)9-2-4-11(14)5-3-9/h2-5,10,12,16H,6-8H2,1H3,(H,15,17). The molecule has 0 radical (unpaired) electrons. The molecule has 0 unspecified atom stereocenters. The largest absolute Gasteiger partial charge is 0.358 e. The van der Waals surface area contributed by atoms with Gasteiger partial charge in [0, 0.05) is 17.6 Å². The molecule has 1 amide bonds. The van der Waals surface area contributed by atoms with Crippen LogP contribution in [-0.2, 0) is 4.79 Å². The van der Waals surface area contributed by atoms with Crippen LogP contribution in [0.15, 0.2) is 28.7 Å². The maximum Gasteiger partial charge on any atom is 0.233 e. The predicted octanol–water partition coefficient (Wildman–Crippen LogP) is 2.03. The topological polar surface area (TPSA) is 41.1 Å². The Morgan fingerprint density at radius 1 is 1.35 bits per heavy atom. The molecule has 2 rings (SSSR count). The SMILES string of the molecule is CNC(=O)CNC1CC(c2ccc(Br)cc2)C1. The molecule has 1 saturated carbocycles. The molecule has 2 N–H and O–H groups in total. The smallest absolute Gasteiger partial charge is 0.233 e. The van der Waals surface area contributed by atoms with Gasteiger partial charge >= 0.3 is 0 Å². The summed E-state index contributed by atoms with van der Waals surface area (Å²) in [7, 11) is 1.66. The Morgan fingerprint density at radius 3 is 2.59 bits per heavy atom. The third-order valence-corrected chi connectivity index (χ3v) is 3.84. The zero-order chi connectivity index (χ0) is 12.3. The lowest BCUT2D eigenvalue weighted by molar-refractivity contribution is -0.120. The molecule has 0 aliphatic heterocycles. The molecular weight excluding hydrogens is 280 g/mol. The summed E-state index contributed by atoms with van der Waals surface area (Å²) < 4.78 is 1.12. The highest BCUT2D eigenvalue weighted by Crippen LogP contribution is 2.37. The minimum absolute atomic E-state index is 0.0529. The predicted molar refractivity (Wildman–Crippen MR) is 72.0 cm³/mol. The average Bonchev–Trinajstić information content (AvgIpc) is 2.29. The number of benzene rings is 1. The number of amides is 1. The van der Waals surface area contributed by atoms with E-state index >= 15 is 0 Å². The van der Waals surface area contributed by atoms with Crippen molar-refractivity contribution >= 4 is 21.8 Å². The molecule has 1 aliphatic rings. The molecule has 3 nitrogen and oxygen atoms in total. The van der Waals surface area contributed by atoms with Crippen molar-refractivity contribution in [2.45, 2.75) is 24.8 Å². The third-order valence-electron chi connectivity index (χ3n) is 3.31. The fourth-order valence-electron chi connectivity index (χ4n) is 2.12. The summed E-state index contributed by atoms with van der Waals surface area (Å²) in [5.41, 5.74) is 1.39. The second-order valence-corrected chi connectivity index (χ2v) is 5.39. The van der Waals surface area contributed by atoms with Crippen LogP contribution in [0.25, 0.3) is 0 Å². The van der Waals surface area contributed by atoms with Crippen LogP contribution < -0.4 is 10.6 Å². The first-order valence-corrected chi connectivity index (χ1v) is 6.67. The van der Waals surface area contributed by atoms with E-state index in [0.29, 0.717) is 18.5 Å². The van der Waals surface area contributed by atoms with Gasteiger partial charge in [-0.1, -0.05) is 28.1 Å². The number of carbonyl (C=O) groups excluding carboxylic acids is 1. The van der Waals surface area contributed by atoms with Crippen molar-refractivity contribution in [3.05, 3.63) is 34.3 Å². The molecule has 1 aromatic carbocycles. The maximum atomic E-state index is 11.1. The average molecular weight is 297 g/mol. The Morgan fingerprint density at radius 2 is 2.00 bits per heavy atom. The molecule has 0 heterocycles. The Hall–Kier alpha value is -0.870. The number of nitrogens with one attached hydrogen (secondary N) is 2. The summed E-state index contributed by atoms with van der Waals surface area (Å²) in [6.45, 7) is 0.425. The van der Waals surface area contributed by atoms with Crippen LogP contribution in [0.2, 0.25) is 0 Å². The molecule has 1 fully saturated rings. The van der Waals surface area contributed by atoms with Gasteiger partial charge in [-0.05, 0) is 36.5 Å². The van der Waals surface area contributed by atoms with E-state index in [9.17, 15) is 4.79 Å². The van der Waals surface area contributed by atoms with Gasteiger partial charge in [0.15, 0.2) is 0 Å². The first kappa shape index (κ1) is 12.6. The first-order valence-electron chi connectivity index (χ1n) is 5.88. The van der Waals surface area contributed by atoms with E-state index in [2.05, 4.69) is 50.8 Å². The lowest BCUT2D eigenvalue weighted by atomic mass is 9.76. The lowest BCUT2D eigenvalue weighted by Gasteiger charge is -2.36. The van der Waals surface area contributed by atoms with Gasteiger partial charge in [-0.2, -0.15) is 0 Å². The third kappa shape index (κ3) is 3.30. The monoisotopic (exact) mass is 296 g/mol. The summed E-state index contributed by atoms with van der Waals surface area (Å²) in [5, 5.41) is 5.87. The highest BCUT2D eigenvalue weighted by Gasteiger charge is 2.29. The van der Waals surface area contributed by atoms with Crippen molar-refractivity contribution in [1.29, 1.82) is 0 Å². The van der Waals surface area contributed by atoms with E-state index in [4.69, 9.17) is 0 Å². The molecule has 0 bridgehead atoms. The van der Waals surface area contributed by atoms with Gasteiger partial charge in [-0.25, -0.2) is 0 Å². The first-order chi connectivity index (χ1) is 8.19. The Kier molecular flexibility index (Phi) is 4.18. The Bertz CT molecular complexity index is 385. The van der Waals surface area contributed by atoms with Crippen molar-refractivity contribution in [3.8, 4) is 0 Å². The van der Waals surface area contributed by atoms with Crippen LogP contribution in [0, 0.1) is 0 Å². The van der Waals surface area contributed by atoms with Crippen molar-refractivity contribution in [3.63, 3.8) is 0 Å². The van der Waals surface area contributed by atoms with Crippen molar-refractivity contribution in [1.82, 2.24) is 10.6 Å². The van der Waals surface area contributed by atoms with E-state index in [1.54, 1.807) is 7.05 Å². The van der Waals surface area contributed by atoms with Gasteiger partial charge in [0.1, 0.15) is 0 Å². The molecule has 0 atom stereocenters. The molecule has 0 saturated heterocycles. The van der Waals surface area contributed by atoms with E-state index < -0.39 is 0 Å². The van der Waals surface area contributed by atoms with Crippen LogP contribution in [0.1, 0.15) is 24.3 Å². The molecule has 92 valence electrons. The normalized spacial score (nSPS) is 22.9. The Labute approximate surface area is 110 Å². The molecule has 1 aromatic rings.